The van der Waals surface area contributed by atoms with Gasteiger partial charge in [-0.2, -0.15) is 0 Å². The van der Waals surface area contributed by atoms with E-state index in [-0.39, 0.29) is 0 Å². The number of halogens is 1. The fraction of sp³-hybridized carbons (Fsp3) is 0.900. The molecule has 0 aromatic rings. The molecule has 0 spiro atoms. The number of likely N-dealkylation sites (tertiary alicyclic amines) is 1. The minimum absolute atomic E-state index is 0.382. The maximum atomic E-state index is 11.6. The van der Waals surface area contributed by atoms with Crippen LogP contribution in [0.2, 0.25) is 0 Å². The van der Waals surface area contributed by atoms with Gasteiger partial charge in [0.2, 0.25) is 5.91 Å². The van der Waals surface area contributed by atoms with Crippen LogP contribution >= 0.6 is 11.6 Å². The molecule has 2 fully saturated rings. The van der Waals surface area contributed by atoms with Crippen LogP contribution in [-0.4, -0.2) is 29.8 Å². The Bertz CT molecular complexity index is 195. The Morgan fingerprint density at radius 3 is 2.31 bits per heavy atom. The second-order valence-electron chi connectivity index (χ2n) is 4.20. The molecule has 0 bridgehead atoms. The molecule has 0 unspecified atom stereocenters. The van der Waals surface area contributed by atoms with E-state index in [0.29, 0.717) is 17.7 Å². The van der Waals surface area contributed by atoms with Crippen molar-refractivity contribution >= 4 is 17.5 Å². The van der Waals surface area contributed by atoms with Gasteiger partial charge in [0, 0.05) is 24.9 Å². The minimum Gasteiger partial charge on any atom is -0.342 e. The smallest absolute Gasteiger partial charge is 0.225 e. The van der Waals surface area contributed by atoms with Gasteiger partial charge in [0.25, 0.3) is 0 Å². The summed E-state index contributed by atoms with van der Waals surface area (Å²) < 4.78 is 0. The summed E-state index contributed by atoms with van der Waals surface area (Å²) in [4.78, 5) is 13.7. The summed E-state index contributed by atoms with van der Waals surface area (Å²) in [6.45, 7) is 1.87. The SMILES string of the molecule is O=C(C1CC1)N1CCC(CCl)CC1. The van der Waals surface area contributed by atoms with Crippen LogP contribution in [0.15, 0.2) is 0 Å². The standard InChI is InChI=1S/C10H16ClNO/c11-7-8-3-5-12(6-4-8)10(13)9-1-2-9/h8-9H,1-7H2. The average Bonchev–Trinajstić information content (AvgIpc) is 3.00. The van der Waals surface area contributed by atoms with Crippen molar-refractivity contribution in [3.8, 4) is 0 Å². The number of rotatable bonds is 2. The van der Waals surface area contributed by atoms with E-state index in [1.165, 1.54) is 0 Å². The maximum Gasteiger partial charge on any atom is 0.225 e. The van der Waals surface area contributed by atoms with E-state index in [1.54, 1.807) is 0 Å². The van der Waals surface area contributed by atoms with Crippen molar-refractivity contribution in [1.82, 2.24) is 4.90 Å². The highest BCUT2D eigenvalue weighted by molar-refractivity contribution is 6.18. The van der Waals surface area contributed by atoms with Crippen molar-refractivity contribution in [2.24, 2.45) is 11.8 Å². The Balaban J connectivity index is 1.79. The van der Waals surface area contributed by atoms with Crippen LogP contribution in [0, 0.1) is 11.8 Å². The van der Waals surface area contributed by atoms with Gasteiger partial charge in [-0.15, -0.1) is 11.6 Å². The molecule has 0 aromatic heterocycles. The number of carbonyl (C=O) groups excluding carboxylic acids is 1. The first-order chi connectivity index (χ1) is 6.31. The summed E-state index contributed by atoms with van der Waals surface area (Å²) in [6.07, 6.45) is 4.44. The summed E-state index contributed by atoms with van der Waals surface area (Å²) >= 11 is 5.78. The lowest BCUT2D eigenvalue weighted by molar-refractivity contribution is -0.133. The molecule has 2 aliphatic rings. The third-order valence-electron chi connectivity index (χ3n) is 3.07. The zero-order chi connectivity index (χ0) is 9.26. The molecule has 0 radical (unpaired) electrons. The van der Waals surface area contributed by atoms with Gasteiger partial charge in [0.15, 0.2) is 0 Å². The van der Waals surface area contributed by atoms with Crippen molar-refractivity contribution in [1.29, 1.82) is 0 Å². The molecular formula is C10H16ClNO. The molecule has 1 aliphatic heterocycles. The maximum absolute atomic E-state index is 11.6. The van der Waals surface area contributed by atoms with Crippen LogP contribution in [0.4, 0.5) is 0 Å². The highest BCUT2D eigenvalue weighted by Crippen LogP contribution is 2.32. The first-order valence-electron chi connectivity index (χ1n) is 5.16. The van der Waals surface area contributed by atoms with Crippen LogP contribution in [0.1, 0.15) is 25.7 Å². The quantitative estimate of drug-likeness (QED) is 0.625. The van der Waals surface area contributed by atoms with Crippen molar-refractivity contribution in [3.63, 3.8) is 0 Å². The lowest BCUT2D eigenvalue weighted by atomic mass is 9.99. The predicted molar refractivity (Wildman–Crippen MR) is 52.7 cm³/mol. The molecule has 1 amide bonds. The number of piperidine rings is 1. The Hall–Kier alpha value is -0.240. The third-order valence-corrected chi connectivity index (χ3v) is 3.51. The summed E-state index contributed by atoms with van der Waals surface area (Å²) in [6, 6.07) is 0. The Labute approximate surface area is 84.2 Å². The van der Waals surface area contributed by atoms with E-state index >= 15 is 0 Å². The van der Waals surface area contributed by atoms with Crippen LogP contribution in [-0.2, 0) is 4.79 Å². The zero-order valence-corrected chi connectivity index (χ0v) is 8.59. The molecule has 0 N–H and O–H groups in total. The van der Waals surface area contributed by atoms with Crippen molar-refractivity contribution in [2.45, 2.75) is 25.7 Å². The highest BCUT2D eigenvalue weighted by atomic mass is 35.5. The van der Waals surface area contributed by atoms with E-state index in [4.69, 9.17) is 11.6 Å². The molecule has 74 valence electrons. The fourth-order valence-corrected chi connectivity index (χ4v) is 2.20. The summed E-state index contributed by atoms with van der Waals surface area (Å²) in [5.41, 5.74) is 0. The molecule has 1 heterocycles. The van der Waals surface area contributed by atoms with E-state index in [9.17, 15) is 4.79 Å². The lowest BCUT2D eigenvalue weighted by Gasteiger charge is -2.31. The van der Waals surface area contributed by atoms with Gasteiger partial charge in [-0.3, -0.25) is 4.79 Å². The van der Waals surface area contributed by atoms with E-state index in [1.807, 2.05) is 4.90 Å². The largest absolute Gasteiger partial charge is 0.342 e. The van der Waals surface area contributed by atoms with Crippen LogP contribution in [0.25, 0.3) is 0 Å². The van der Waals surface area contributed by atoms with Crippen molar-refractivity contribution < 1.29 is 4.79 Å². The molecule has 1 saturated heterocycles. The summed E-state index contributed by atoms with van der Waals surface area (Å²) in [7, 11) is 0. The number of hydrogen-bond donors (Lipinski definition) is 0. The molecule has 2 rings (SSSR count). The molecule has 1 saturated carbocycles. The van der Waals surface area contributed by atoms with Crippen LogP contribution < -0.4 is 0 Å². The van der Waals surface area contributed by atoms with Crippen molar-refractivity contribution in [2.75, 3.05) is 19.0 Å². The Kier molecular flexibility index (Phi) is 2.77. The van der Waals surface area contributed by atoms with Gasteiger partial charge < -0.3 is 4.90 Å². The molecule has 2 nitrogen and oxygen atoms in total. The average molecular weight is 202 g/mol. The molecule has 3 heteroatoms. The van der Waals surface area contributed by atoms with Crippen LogP contribution in [0.3, 0.4) is 0 Å². The first kappa shape index (κ1) is 9.32. The normalized spacial score (nSPS) is 24.8. The fourth-order valence-electron chi connectivity index (χ4n) is 1.90. The third kappa shape index (κ3) is 2.16. The van der Waals surface area contributed by atoms with Gasteiger partial charge in [-0.05, 0) is 31.6 Å². The van der Waals surface area contributed by atoms with E-state index in [2.05, 4.69) is 0 Å². The molecule has 0 aromatic carbocycles. The molecule has 1 aliphatic carbocycles. The first-order valence-corrected chi connectivity index (χ1v) is 5.69. The van der Waals surface area contributed by atoms with Crippen LogP contribution in [0.5, 0.6) is 0 Å². The number of nitrogens with zero attached hydrogens (tertiary/aromatic N) is 1. The minimum atomic E-state index is 0.382. The van der Waals surface area contributed by atoms with Gasteiger partial charge in [0.1, 0.15) is 0 Å². The number of carbonyl (C=O) groups is 1. The second-order valence-corrected chi connectivity index (χ2v) is 4.51. The van der Waals surface area contributed by atoms with E-state index in [0.717, 1.165) is 44.7 Å². The van der Waals surface area contributed by atoms with E-state index < -0.39 is 0 Å². The number of alkyl halides is 1. The molecule has 13 heavy (non-hydrogen) atoms. The molecule has 0 atom stereocenters. The predicted octanol–water partition coefficient (Wildman–Crippen LogP) is 1.87. The highest BCUT2D eigenvalue weighted by Gasteiger charge is 2.34. The van der Waals surface area contributed by atoms with Crippen molar-refractivity contribution in [3.05, 3.63) is 0 Å². The summed E-state index contributed by atoms with van der Waals surface area (Å²) in [5, 5.41) is 0. The monoisotopic (exact) mass is 201 g/mol. The molecular weight excluding hydrogens is 186 g/mol. The number of amides is 1. The summed E-state index contributed by atoms with van der Waals surface area (Å²) in [5.74, 6) is 2.18. The second kappa shape index (κ2) is 3.87. The Morgan fingerprint density at radius 2 is 1.85 bits per heavy atom. The zero-order valence-electron chi connectivity index (χ0n) is 7.84. The topological polar surface area (TPSA) is 20.3 Å². The van der Waals surface area contributed by atoms with Gasteiger partial charge in [-0.1, -0.05) is 0 Å². The van der Waals surface area contributed by atoms with Gasteiger partial charge in [0.05, 0.1) is 0 Å². The lowest BCUT2D eigenvalue weighted by Crippen LogP contribution is -2.39. The van der Waals surface area contributed by atoms with Gasteiger partial charge >= 0.3 is 0 Å². The number of hydrogen-bond acceptors (Lipinski definition) is 1. The Morgan fingerprint density at radius 1 is 1.23 bits per heavy atom. The van der Waals surface area contributed by atoms with Gasteiger partial charge in [-0.25, -0.2) is 0 Å².